The normalized spacial score (nSPS) is 30.9. The Labute approximate surface area is 161 Å². The Morgan fingerprint density at radius 3 is 2.62 bits per heavy atom. The van der Waals surface area contributed by atoms with Crippen LogP contribution < -0.4 is 0 Å². The molecule has 0 amide bonds. The lowest BCUT2D eigenvalue weighted by molar-refractivity contribution is 0.0633. The Bertz CT molecular complexity index is 814. The van der Waals surface area contributed by atoms with E-state index >= 15 is 0 Å². The maximum atomic E-state index is 6.05. The van der Waals surface area contributed by atoms with E-state index in [1.54, 1.807) is 11.1 Å². The second-order valence-electron chi connectivity index (χ2n) is 8.93. The van der Waals surface area contributed by atoms with Crippen LogP contribution >= 0.6 is 11.8 Å². The van der Waals surface area contributed by atoms with Crippen molar-refractivity contribution in [3.63, 3.8) is 0 Å². The summed E-state index contributed by atoms with van der Waals surface area (Å²) >= 11 is 1.53. The van der Waals surface area contributed by atoms with Gasteiger partial charge in [-0.25, -0.2) is 0 Å². The molecule has 4 rings (SSSR count). The molecule has 1 aromatic carbocycles. The predicted octanol–water partition coefficient (Wildman–Crippen LogP) is 5.88. The summed E-state index contributed by atoms with van der Waals surface area (Å²) in [6.07, 6.45) is 7.97. The Kier molecular flexibility index (Phi) is 4.45. The van der Waals surface area contributed by atoms with Crippen LogP contribution in [0.3, 0.4) is 0 Å². The van der Waals surface area contributed by atoms with Gasteiger partial charge >= 0.3 is 0 Å². The smallest absolute Gasteiger partial charge is 0.276 e. The third kappa shape index (κ3) is 2.64. The van der Waals surface area contributed by atoms with Crippen LogP contribution in [-0.2, 0) is 17.3 Å². The standard InChI is InChI=1S/C22H30N2OS/c1-14(2)15-7-9-17-16(13-15)8-10-18-21(17,3)11-6-12-22(18,4)19-23-24-20(25-19)26-5/h7,9,13-14,18H,6,8,10-12H2,1-5H3/t18?,21-,22-/m1/s1. The summed E-state index contributed by atoms with van der Waals surface area (Å²) in [5.41, 5.74) is 4.76. The van der Waals surface area contributed by atoms with Gasteiger partial charge in [0.25, 0.3) is 5.22 Å². The van der Waals surface area contributed by atoms with Crippen molar-refractivity contribution in [1.82, 2.24) is 10.2 Å². The highest BCUT2D eigenvalue weighted by Gasteiger charge is 2.54. The number of benzene rings is 1. The second-order valence-corrected chi connectivity index (χ2v) is 9.69. The van der Waals surface area contributed by atoms with Crippen molar-refractivity contribution >= 4 is 11.8 Å². The first-order chi connectivity index (χ1) is 12.4. The van der Waals surface area contributed by atoms with Crippen LogP contribution in [0, 0.1) is 5.92 Å². The molecule has 0 N–H and O–H groups in total. The first-order valence-corrected chi connectivity index (χ1v) is 11.1. The average Bonchev–Trinajstić information content (AvgIpc) is 3.11. The highest BCUT2D eigenvalue weighted by Crippen LogP contribution is 2.57. The van der Waals surface area contributed by atoms with E-state index in [1.807, 2.05) is 6.26 Å². The number of nitrogens with zero attached hydrogens (tertiary/aromatic N) is 2. The summed E-state index contributed by atoms with van der Waals surface area (Å²) in [6, 6.07) is 7.23. The molecule has 2 aliphatic carbocycles. The summed E-state index contributed by atoms with van der Waals surface area (Å²) in [5.74, 6) is 1.99. The predicted molar refractivity (Wildman–Crippen MR) is 107 cm³/mol. The number of hydrogen-bond donors (Lipinski definition) is 0. The van der Waals surface area contributed by atoms with Gasteiger partial charge in [-0.2, -0.15) is 0 Å². The summed E-state index contributed by atoms with van der Waals surface area (Å²) in [7, 11) is 0. The molecule has 1 unspecified atom stereocenters. The summed E-state index contributed by atoms with van der Waals surface area (Å²) in [6.45, 7) is 9.41. The fraction of sp³-hybridized carbons (Fsp3) is 0.636. The molecule has 1 heterocycles. The van der Waals surface area contributed by atoms with Gasteiger partial charge in [-0.05, 0) is 65.9 Å². The molecule has 2 aromatic rings. The lowest BCUT2D eigenvalue weighted by Crippen LogP contribution is -2.51. The molecule has 3 atom stereocenters. The van der Waals surface area contributed by atoms with Gasteiger partial charge in [0.05, 0.1) is 0 Å². The van der Waals surface area contributed by atoms with Crippen molar-refractivity contribution in [2.75, 3.05) is 6.26 Å². The molecule has 140 valence electrons. The first kappa shape index (κ1) is 18.1. The first-order valence-electron chi connectivity index (χ1n) is 9.90. The average molecular weight is 371 g/mol. The number of rotatable bonds is 3. The van der Waals surface area contributed by atoms with Crippen LogP contribution in [0.1, 0.15) is 81.9 Å². The fourth-order valence-corrected chi connectivity index (χ4v) is 5.93. The van der Waals surface area contributed by atoms with Gasteiger partial charge in [-0.1, -0.05) is 64.1 Å². The van der Waals surface area contributed by atoms with Gasteiger partial charge in [-0.3, -0.25) is 0 Å². The Balaban J connectivity index is 1.77. The quantitative estimate of drug-likeness (QED) is 0.633. The van der Waals surface area contributed by atoms with Gasteiger partial charge in [0, 0.05) is 5.41 Å². The van der Waals surface area contributed by atoms with Crippen LogP contribution in [0.15, 0.2) is 27.8 Å². The van der Waals surface area contributed by atoms with Gasteiger partial charge < -0.3 is 4.42 Å². The minimum absolute atomic E-state index is 0.0254. The van der Waals surface area contributed by atoms with Crippen molar-refractivity contribution in [3.8, 4) is 0 Å². The SMILES string of the molecule is CSc1nnc([C@]2(C)CCC[C@]3(C)c4ccc(C(C)C)cc4CCC23)o1. The number of thioether (sulfide) groups is 1. The molecule has 2 aliphatic rings. The largest absolute Gasteiger partial charge is 0.415 e. The zero-order valence-electron chi connectivity index (χ0n) is 16.6. The fourth-order valence-electron chi connectivity index (χ4n) is 5.65. The maximum absolute atomic E-state index is 6.05. The Morgan fingerprint density at radius 1 is 1.15 bits per heavy atom. The highest BCUT2D eigenvalue weighted by atomic mass is 32.2. The van der Waals surface area contributed by atoms with Gasteiger partial charge in [-0.15, -0.1) is 10.2 Å². The lowest BCUT2D eigenvalue weighted by Gasteiger charge is -2.54. The summed E-state index contributed by atoms with van der Waals surface area (Å²) in [4.78, 5) is 0. The number of aromatic nitrogens is 2. The Hall–Kier alpha value is -1.29. The van der Waals surface area contributed by atoms with E-state index in [9.17, 15) is 0 Å². The van der Waals surface area contributed by atoms with E-state index in [2.05, 4.69) is 56.1 Å². The molecule has 0 spiro atoms. The van der Waals surface area contributed by atoms with E-state index < -0.39 is 0 Å². The van der Waals surface area contributed by atoms with Crippen LogP contribution in [0.5, 0.6) is 0 Å². The van der Waals surface area contributed by atoms with Crippen LogP contribution in [0.25, 0.3) is 0 Å². The number of fused-ring (bicyclic) bond motifs is 3. The maximum Gasteiger partial charge on any atom is 0.276 e. The van der Waals surface area contributed by atoms with Crippen LogP contribution in [0.2, 0.25) is 0 Å². The van der Waals surface area contributed by atoms with E-state index in [1.165, 1.54) is 36.6 Å². The monoisotopic (exact) mass is 370 g/mol. The molecule has 1 aromatic heterocycles. The molecule has 0 saturated heterocycles. The lowest BCUT2D eigenvalue weighted by atomic mass is 9.49. The van der Waals surface area contributed by atoms with Crippen molar-refractivity contribution < 1.29 is 4.42 Å². The summed E-state index contributed by atoms with van der Waals surface area (Å²) < 4.78 is 6.05. The number of hydrogen-bond acceptors (Lipinski definition) is 4. The third-order valence-corrected chi connectivity index (χ3v) is 7.63. The van der Waals surface area contributed by atoms with E-state index in [0.29, 0.717) is 17.1 Å². The molecule has 4 heteroatoms. The Morgan fingerprint density at radius 2 is 1.92 bits per heavy atom. The minimum atomic E-state index is -0.0254. The zero-order chi connectivity index (χ0) is 18.5. The number of aryl methyl sites for hydroxylation is 1. The molecule has 0 aliphatic heterocycles. The van der Waals surface area contributed by atoms with Crippen LogP contribution in [0.4, 0.5) is 0 Å². The molecular weight excluding hydrogens is 340 g/mol. The minimum Gasteiger partial charge on any atom is -0.415 e. The summed E-state index contributed by atoms with van der Waals surface area (Å²) in [5, 5.41) is 9.38. The van der Waals surface area contributed by atoms with E-state index in [0.717, 1.165) is 18.7 Å². The van der Waals surface area contributed by atoms with Gasteiger partial charge in [0.2, 0.25) is 5.89 Å². The molecule has 1 saturated carbocycles. The van der Waals surface area contributed by atoms with Crippen molar-refractivity contribution in [2.45, 2.75) is 81.8 Å². The van der Waals surface area contributed by atoms with Gasteiger partial charge in [0.1, 0.15) is 0 Å². The van der Waals surface area contributed by atoms with E-state index in [-0.39, 0.29) is 10.8 Å². The third-order valence-electron chi connectivity index (χ3n) is 7.11. The molecule has 1 fully saturated rings. The van der Waals surface area contributed by atoms with Crippen LogP contribution in [-0.4, -0.2) is 16.5 Å². The highest BCUT2D eigenvalue weighted by molar-refractivity contribution is 7.98. The molecule has 0 radical (unpaired) electrons. The van der Waals surface area contributed by atoms with Crippen molar-refractivity contribution in [3.05, 3.63) is 40.8 Å². The topological polar surface area (TPSA) is 38.9 Å². The van der Waals surface area contributed by atoms with Crippen molar-refractivity contribution in [1.29, 1.82) is 0 Å². The molecular formula is C22H30N2OS. The zero-order valence-corrected chi connectivity index (χ0v) is 17.4. The van der Waals surface area contributed by atoms with Crippen molar-refractivity contribution in [2.24, 2.45) is 5.92 Å². The van der Waals surface area contributed by atoms with E-state index in [4.69, 9.17) is 4.42 Å². The molecule has 0 bridgehead atoms. The molecule has 3 nitrogen and oxygen atoms in total. The second kappa shape index (κ2) is 6.40. The van der Waals surface area contributed by atoms with Gasteiger partial charge in [0.15, 0.2) is 0 Å². The molecule has 26 heavy (non-hydrogen) atoms.